The smallest absolute Gasteiger partial charge is 0.336 e. The molecule has 128 valence electrons. The fraction of sp³-hybridized carbons (Fsp3) is 0.579. The maximum absolute atomic E-state index is 12.4. The van der Waals surface area contributed by atoms with Gasteiger partial charge >= 0.3 is 5.97 Å². The molecule has 4 aliphatic rings. The van der Waals surface area contributed by atoms with Gasteiger partial charge in [-0.15, -0.1) is 0 Å². The molecule has 1 fully saturated rings. The molecule has 1 amide bonds. The van der Waals surface area contributed by atoms with Crippen molar-refractivity contribution in [3.05, 3.63) is 34.6 Å². The van der Waals surface area contributed by atoms with E-state index in [4.69, 9.17) is 9.47 Å². The van der Waals surface area contributed by atoms with Crippen LogP contribution in [0.15, 0.2) is 34.6 Å². The highest BCUT2D eigenvalue weighted by molar-refractivity contribution is 5.97. The third kappa shape index (κ3) is 2.29. The number of amides is 1. The van der Waals surface area contributed by atoms with E-state index in [9.17, 15) is 9.59 Å². The van der Waals surface area contributed by atoms with Gasteiger partial charge in [-0.05, 0) is 43.6 Å². The van der Waals surface area contributed by atoms with Crippen LogP contribution >= 0.6 is 0 Å². The largest absolute Gasteiger partial charge is 0.458 e. The number of cyclic esters (lactones) is 1. The molecule has 0 spiro atoms. The first-order chi connectivity index (χ1) is 11.4. The first-order valence-electron chi connectivity index (χ1n) is 8.65. The molecule has 3 atom stereocenters. The Labute approximate surface area is 141 Å². The van der Waals surface area contributed by atoms with Gasteiger partial charge in [0.25, 0.3) is 12.2 Å². The van der Waals surface area contributed by atoms with E-state index >= 15 is 0 Å². The van der Waals surface area contributed by atoms with Gasteiger partial charge in [0.15, 0.2) is 0 Å². The Hall–Kier alpha value is -2.04. The minimum absolute atomic E-state index is 0.0667. The van der Waals surface area contributed by atoms with Gasteiger partial charge in [0.05, 0.1) is 17.9 Å². The predicted molar refractivity (Wildman–Crippen MR) is 87.5 cm³/mol. The van der Waals surface area contributed by atoms with E-state index in [1.54, 1.807) is 13.0 Å². The normalized spacial score (nSPS) is 35.5. The van der Waals surface area contributed by atoms with Gasteiger partial charge in [0, 0.05) is 17.6 Å². The van der Waals surface area contributed by atoms with Crippen LogP contribution in [0.25, 0.3) is 0 Å². The van der Waals surface area contributed by atoms with Gasteiger partial charge in [-0.25, -0.2) is 4.79 Å². The number of rotatable bonds is 2. The van der Waals surface area contributed by atoms with Crippen molar-refractivity contribution in [1.29, 1.82) is 0 Å². The molecule has 1 N–H and O–H groups in total. The zero-order valence-corrected chi connectivity index (χ0v) is 14.3. The summed E-state index contributed by atoms with van der Waals surface area (Å²) < 4.78 is 10.6. The molecule has 24 heavy (non-hydrogen) atoms. The number of hydrogen-bond acceptors (Lipinski definition) is 4. The zero-order valence-electron chi connectivity index (χ0n) is 14.3. The summed E-state index contributed by atoms with van der Waals surface area (Å²) in [5, 5.41) is 3.15. The number of esters is 1. The van der Waals surface area contributed by atoms with Crippen LogP contribution in [0.3, 0.4) is 0 Å². The molecule has 0 aromatic carbocycles. The molecule has 0 unspecified atom stereocenters. The number of ether oxygens (including phenoxy) is 2. The van der Waals surface area contributed by atoms with Crippen molar-refractivity contribution in [2.45, 2.75) is 58.8 Å². The van der Waals surface area contributed by atoms with E-state index in [2.05, 4.69) is 19.2 Å². The molecule has 5 heteroatoms. The van der Waals surface area contributed by atoms with E-state index < -0.39 is 6.29 Å². The van der Waals surface area contributed by atoms with Gasteiger partial charge < -0.3 is 14.8 Å². The highest BCUT2D eigenvalue weighted by Gasteiger charge is 2.50. The highest BCUT2D eigenvalue weighted by atomic mass is 16.7. The lowest BCUT2D eigenvalue weighted by Crippen LogP contribution is -2.35. The topological polar surface area (TPSA) is 64.6 Å². The van der Waals surface area contributed by atoms with Crippen LogP contribution in [-0.2, 0) is 19.1 Å². The number of nitrogens with one attached hydrogen (secondary N) is 1. The SMILES string of the molecule is CC1=C[C@@H](O/C=C2/C(=O)N[C@@H]3C4=C(CCCC4(C)C)C[C@H]23)OC1=O. The van der Waals surface area contributed by atoms with Crippen molar-refractivity contribution in [3.8, 4) is 0 Å². The van der Waals surface area contributed by atoms with Crippen molar-refractivity contribution >= 4 is 11.9 Å². The Morgan fingerprint density at radius 1 is 1.38 bits per heavy atom. The van der Waals surface area contributed by atoms with Gasteiger partial charge in [0.1, 0.15) is 0 Å². The lowest BCUT2D eigenvalue weighted by atomic mass is 9.72. The number of allylic oxidation sites excluding steroid dienone is 1. The summed E-state index contributed by atoms with van der Waals surface area (Å²) in [5.74, 6) is -0.295. The second-order valence-electron chi connectivity index (χ2n) is 7.85. The second kappa shape index (κ2) is 5.23. The van der Waals surface area contributed by atoms with Crippen LogP contribution in [0.1, 0.15) is 46.5 Å². The van der Waals surface area contributed by atoms with Crippen molar-refractivity contribution in [2.24, 2.45) is 11.3 Å². The van der Waals surface area contributed by atoms with Crippen LogP contribution in [0.5, 0.6) is 0 Å². The van der Waals surface area contributed by atoms with Crippen LogP contribution in [0.2, 0.25) is 0 Å². The molecule has 1 saturated heterocycles. The van der Waals surface area contributed by atoms with Crippen LogP contribution in [0, 0.1) is 11.3 Å². The summed E-state index contributed by atoms with van der Waals surface area (Å²) in [7, 11) is 0. The van der Waals surface area contributed by atoms with Crippen molar-refractivity contribution in [1.82, 2.24) is 5.32 Å². The van der Waals surface area contributed by atoms with Gasteiger partial charge in [0.2, 0.25) is 0 Å². The summed E-state index contributed by atoms with van der Waals surface area (Å²) in [4.78, 5) is 23.8. The van der Waals surface area contributed by atoms with Crippen molar-refractivity contribution in [3.63, 3.8) is 0 Å². The molecule has 0 aromatic rings. The first-order valence-corrected chi connectivity index (χ1v) is 8.65. The maximum atomic E-state index is 12.4. The highest BCUT2D eigenvalue weighted by Crippen LogP contribution is 2.53. The molecule has 0 saturated carbocycles. The second-order valence-corrected chi connectivity index (χ2v) is 7.85. The summed E-state index contributed by atoms with van der Waals surface area (Å²) in [5.41, 5.74) is 4.29. The van der Waals surface area contributed by atoms with Crippen molar-refractivity contribution < 1.29 is 19.1 Å². The molecule has 2 aliphatic heterocycles. The number of carbonyl (C=O) groups excluding carboxylic acids is 2. The van der Waals surface area contributed by atoms with E-state index in [0.29, 0.717) is 11.1 Å². The third-order valence-electron chi connectivity index (χ3n) is 5.78. The summed E-state index contributed by atoms with van der Waals surface area (Å²) in [6.45, 7) is 6.24. The van der Waals surface area contributed by atoms with Crippen molar-refractivity contribution in [2.75, 3.05) is 0 Å². The maximum Gasteiger partial charge on any atom is 0.336 e. The molecule has 2 heterocycles. The van der Waals surface area contributed by atoms with Crippen LogP contribution < -0.4 is 5.32 Å². The first kappa shape index (κ1) is 15.5. The number of fused-ring (bicyclic) bond motifs is 2. The lowest BCUT2D eigenvalue weighted by Gasteiger charge is -2.35. The Balaban J connectivity index is 1.55. The van der Waals surface area contributed by atoms with Crippen LogP contribution in [0.4, 0.5) is 0 Å². The van der Waals surface area contributed by atoms with E-state index in [0.717, 1.165) is 12.8 Å². The van der Waals surface area contributed by atoms with Gasteiger partial charge in [-0.3, -0.25) is 4.79 Å². The monoisotopic (exact) mass is 329 g/mol. The van der Waals surface area contributed by atoms with Gasteiger partial charge in [-0.2, -0.15) is 0 Å². The Bertz CT molecular complexity index is 713. The quantitative estimate of drug-likeness (QED) is 0.366. The Morgan fingerprint density at radius 3 is 2.88 bits per heavy atom. The molecule has 5 nitrogen and oxygen atoms in total. The van der Waals surface area contributed by atoms with Gasteiger partial charge in [-0.1, -0.05) is 19.4 Å². The molecule has 0 bridgehead atoms. The van der Waals surface area contributed by atoms with Crippen LogP contribution in [-0.4, -0.2) is 24.2 Å². The van der Waals surface area contributed by atoms with E-state index in [1.807, 2.05) is 0 Å². The summed E-state index contributed by atoms with van der Waals surface area (Å²) in [6.07, 6.45) is 6.86. The fourth-order valence-electron chi connectivity index (χ4n) is 4.64. The summed E-state index contributed by atoms with van der Waals surface area (Å²) >= 11 is 0. The molecular formula is C19H23NO4. The zero-order chi connectivity index (χ0) is 17.1. The lowest BCUT2D eigenvalue weighted by molar-refractivity contribution is -0.152. The number of carbonyl (C=O) groups is 2. The predicted octanol–water partition coefficient (Wildman–Crippen LogP) is 2.74. The van der Waals surface area contributed by atoms with E-state index in [-0.39, 0.29) is 29.3 Å². The minimum Gasteiger partial charge on any atom is -0.458 e. The average molecular weight is 329 g/mol. The summed E-state index contributed by atoms with van der Waals surface area (Å²) in [6, 6.07) is 0.0982. The minimum atomic E-state index is -0.725. The molecule has 4 rings (SSSR count). The number of hydrogen-bond donors (Lipinski definition) is 1. The Kier molecular flexibility index (Phi) is 3.37. The average Bonchev–Trinajstić information content (AvgIpc) is 3.10. The Morgan fingerprint density at radius 2 is 2.17 bits per heavy atom. The third-order valence-corrected chi connectivity index (χ3v) is 5.78. The van der Waals surface area contributed by atoms with E-state index in [1.165, 1.54) is 30.2 Å². The fourth-order valence-corrected chi connectivity index (χ4v) is 4.64. The molecular weight excluding hydrogens is 306 g/mol. The molecule has 2 aliphatic carbocycles. The standard InChI is InChI=1S/C19H23NO4/c1-10-7-14(24-18(10)22)23-9-13-12-8-11-5-4-6-19(2,3)15(11)16(12)20-17(13)21/h7,9,12,14,16H,4-6,8H2,1-3H3,(H,20,21)/b13-9+/t12-,14+,16+/m1/s1. The molecule has 0 radical (unpaired) electrons. The molecule has 0 aromatic heterocycles.